The molecule has 1 aliphatic rings. The van der Waals surface area contributed by atoms with Crippen LogP contribution >= 0.6 is 0 Å². The van der Waals surface area contributed by atoms with Crippen LogP contribution in [0.5, 0.6) is 5.75 Å². The number of ether oxygens (including phenoxy) is 1. The molecule has 1 amide bonds. The molecule has 1 heterocycles. The summed E-state index contributed by atoms with van der Waals surface area (Å²) in [7, 11) is 1.61. The van der Waals surface area contributed by atoms with Crippen LogP contribution in [0.25, 0.3) is 5.57 Å². The molecule has 1 aliphatic heterocycles. The van der Waals surface area contributed by atoms with Crippen molar-refractivity contribution < 1.29 is 9.53 Å². The van der Waals surface area contributed by atoms with Crippen molar-refractivity contribution in [1.82, 2.24) is 0 Å². The van der Waals surface area contributed by atoms with Crippen LogP contribution in [0.2, 0.25) is 0 Å². The van der Waals surface area contributed by atoms with Crippen LogP contribution < -0.4 is 10.1 Å². The van der Waals surface area contributed by atoms with Crippen molar-refractivity contribution in [2.45, 2.75) is 13.3 Å². The summed E-state index contributed by atoms with van der Waals surface area (Å²) in [5.74, 6) is 0.729. The number of hydrogen-bond acceptors (Lipinski definition) is 2. The first-order chi connectivity index (χ1) is 7.26. The monoisotopic (exact) mass is 203 g/mol. The Hall–Kier alpha value is -1.77. The number of methoxy groups -OCH3 is 1. The lowest BCUT2D eigenvalue weighted by Gasteiger charge is -2.02. The van der Waals surface area contributed by atoms with Crippen LogP contribution in [0.15, 0.2) is 24.3 Å². The van der Waals surface area contributed by atoms with E-state index in [1.165, 1.54) is 0 Å². The van der Waals surface area contributed by atoms with E-state index in [0.717, 1.165) is 29.0 Å². The van der Waals surface area contributed by atoms with E-state index in [4.69, 9.17) is 4.74 Å². The van der Waals surface area contributed by atoms with Crippen LogP contribution in [0.3, 0.4) is 0 Å². The lowest BCUT2D eigenvalue weighted by molar-refractivity contribution is -0.110. The largest absolute Gasteiger partial charge is 0.497 e. The van der Waals surface area contributed by atoms with Crippen LogP contribution in [-0.2, 0) is 4.79 Å². The molecule has 15 heavy (non-hydrogen) atoms. The zero-order valence-corrected chi connectivity index (χ0v) is 8.83. The Labute approximate surface area is 88.8 Å². The highest BCUT2D eigenvalue weighted by molar-refractivity contribution is 6.31. The molecule has 2 rings (SSSR count). The number of benzene rings is 1. The normalized spacial score (nSPS) is 16.4. The van der Waals surface area contributed by atoms with Crippen molar-refractivity contribution in [2.24, 2.45) is 0 Å². The average molecular weight is 203 g/mol. The highest BCUT2D eigenvalue weighted by Crippen LogP contribution is 2.34. The predicted octanol–water partition coefficient (Wildman–Crippen LogP) is 2.44. The highest BCUT2D eigenvalue weighted by Gasteiger charge is 2.23. The standard InChI is InChI=1S/C12H13NO2/c1-3-4-10-9-6-5-8(15-2)7-11(9)13-12(10)14/h4-7H,3H2,1-2H3,(H,13,14)/b10-4-. The number of allylic oxidation sites excluding steroid dienone is 1. The number of rotatable bonds is 2. The van der Waals surface area contributed by atoms with Gasteiger partial charge in [0.05, 0.1) is 12.8 Å². The Bertz CT molecular complexity index is 435. The quantitative estimate of drug-likeness (QED) is 0.750. The van der Waals surface area contributed by atoms with Crippen molar-refractivity contribution >= 4 is 17.2 Å². The molecule has 3 nitrogen and oxygen atoms in total. The van der Waals surface area contributed by atoms with Gasteiger partial charge >= 0.3 is 0 Å². The van der Waals surface area contributed by atoms with Gasteiger partial charge in [0.2, 0.25) is 0 Å². The van der Waals surface area contributed by atoms with Crippen LogP contribution in [0.1, 0.15) is 18.9 Å². The molecule has 1 aromatic carbocycles. The number of carbonyl (C=O) groups is 1. The number of nitrogens with one attached hydrogen (secondary N) is 1. The van der Waals surface area contributed by atoms with Crippen LogP contribution in [0.4, 0.5) is 5.69 Å². The van der Waals surface area contributed by atoms with E-state index in [-0.39, 0.29) is 5.91 Å². The fourth-order valence-corrected chi connectivity index (χ4v) is 1.71. The lowest BCUT2D eigenvalue weighted by Crippen LogP contribution is -2.03. The van der Waals surface area contributed by atoms with Gasteiger partial charge in [0.1, 0.15) is 5.75 Å². The average Bonchev–Trinajstić information content (AvgIpc) is 2.55. The molecule has 0 fully saturated rings. The molecule has 0 radical (unpaired) electrons. The molecule has 1 N–H and O–H groups in total. The van der Waals surface area contributed by atoms with Gasteiger partial charge < -0.3 is 10.1 Å². The molecule has 0 saturated carbocycles. The third-order valence-electron chi connectivity index (χ3n) is 2.42. The zero-order chi connectivity index (χ0) is 10.8. The third kappa shape index (κ3) is 1.61. The molecule has 0 saturated heterocycles. The summed E-state index contributed by atoms with van der Waals surface area (Å²) in [6.45, 7) is 2.02. The van der Waals surface area contributed by atoms with Gasteiger partial charge in [-0.05, 0) is 18.6 Å². The van der Waals surface area contributed by atoms with Gasteiger partial charge in [-0.3, -0.25) is 4.79 Å². The maximum Gasteiger partial charge on any atom is 0.256 e. The van der Waals surface area contributed by atoms with E-state index in [9.17, 15) is 4.79 Å². The summed E-state index contributed by atoms with van der Waals surface area (Å²) in [5.41, 5.74) is 2.55. The summed E-state index contributed by atoms with van der Waals surface area (Å²) in [6, 6.07) is 5.61. The van der Waals surface area contributed by atoms with Crippen molar-refractivity contribution in [1.29, 1.82) is 0 Å². The van der Waals surface area contributed by atoms with Gasteiger partial charge in [-0.25, -0.2) is 0 Å². The third-order valence-corrected chi connectivity index (χ3v) is 2.42. The summed E-state index contributed by atoms with van der Waals surface area (Å²) in [4.78, 5) is 11.6. The van der Waals surface area contributed by atoms with Crippen molar-refractivity contribution in [2.75, 3.05) is 12.4 Å². The van der Waals surface area contributed by atoms with E-state index in [2.05, 4.69) is 5.32 Å². The maximum atomic E-state index is 11.6. The molecule has 0 spiro atoms. The number of hydrogen-bond donors (Lipinski definition) is 1. The Kier molecular flexibility index (Phi) is 2.46. The van der Waals surface area contributed by atoms with Crippen LogP contribution in [-0.4, -0.2) is 13.0 Å². The topological polar surface area (TPSA) is 38.3 Å². The smallest absolute Gasteiger partial charge is 0.256 e. The SMILES string of the molecule is CC/C=C1\C(=O)Nc2cc(OC)ccc21. The van der Waals surface area contributed by atoms with Gasteiger partial charge in [-0.2, -0.15) is 0 Å². The van der Waals surface area contributed by atoms with Gasteiger partial charge in [0.15, 0.2) is 0 Å². The number of anilines is 1. The van der Waals surface area contributed by atoms with E-state index in [1.807, 2.05) is 31.2 Å². The van der Waals surface area contributed by atoms with E-state index >= 15 is 0 Å². The first kappa shape index (κ1) is 9.77. The fourth-order valence-electron chi connectivity index (χ4n) is 1.71. The highest BCUT2D eigenvalue weighted by atomic mass is 16.5. The summed E-state index contributed by atoms with van der Waals surface area (Å²) < 4.78 is 5.10. The number of amides is 1. The van der Waals surface area contributed by atoms with E-state index in [0.29, 0.717) is 0 Å². The second-order valence-electron chi connectivity index (χ2n) is 3.39. The minimum Gasteiger partial charge on any atom is -0.497 e. The molecule has 3 heteroatoms. The Morgan fingerprint density at radius 3 is 2.93 bits per heavy atom. The van der Waals surface area contributed by atoms with Gasteiger partial charge in [0.25, 0.3) is 5.91 Å². The lowest BCUT2D eigenvalue weighted by atomic mass is 10.1. The first-order valence-corrected chi connectivity index (χ1v) is 4.96. The van der Waals surface area contributed by atoms with Gasteiger partial charge in [-0.1, -0.05) is 13.0 Å². The predicted molar refractivity (Wildman–Crippen MR) is 59.9 cm³/mol. The van der Waals surface area contributed by atoms with E-state index < -0.39 is 0 Å². The minimum atomic E-state index is -0.0277. The number of fused-ring (bicyclic) bond motifs is 1. The molecule has 0 bridgehead atoms. The van der Waals surface area contributed by atoms with Crippen molar-refractivity contribution in [3.63, 3.8) is 0 Å². The minimum absolute atomic E-state index is 0.0277. The fraction of sp³-hybridized carbons (Fsp3) is 0.250. The van der Waals surface area contributed by atoms with Gasteiger partial charge in [-0.15, -0.1) is 0 Å². The van der Waals surface area contributed by atoms with E-state index in [1.54, 1.807) is 7.11 Å². The second kappa shape index (κ2) is 3.77. The second-order valence-corrected chi connectivity index (χ2v) is 3.39. The van der Waals surface area contributed by atoms with Crippen molar-refractivity contribution in [3.8, 4) is 5.75 Å². The molecule has 0 unspecified atom stereocenters. The molecule has 1 aromatic rings. The van der Waals surface area contributed by atoms with Crippen molar-refractivity contribution in [3.05, 3.63) is 29.8 Å². The Balaban J connectivity index is 2.47. The molecule has 0 aromatic heterocycles. The summed E-state index contributed by atoms with van der Waals surface area (Å²) >= 11 is 0. The first-order valence-electron chi connectivity index (χ1n) is 4.96. The number of carbonyl (C=O) groups excluding carboxylic acids is 1. The molecule has 78 valence electrons. The molecule has 0 aliphatic carbocycles. The zero-order valence-electron chi connectivity index (χ0n) is 8.83. The Morgan fingerprint density at radius 2 is 2.27 bits per heavy atom. The Morgan fingerprint density at radius 1 is 1.47 bits per heavy atom. The van der Waals surface area contributed by atoms with Gasteiger partial charge in [0, 0.05) is 17.2 Å². The molecule has 0 atom stereocenters. The maximum absolute atomic E-state index is 11.6. The summed E-state index contributed by atoms with van der Waals surface area (Å²) in [6.07, 6.45) is 2.79. The summed E-state index contributed by atoms with van der Waals surface area (Å²) in [5, 5.41) is 2.82. The molecular formula is C12H13NO2. The van der Waals surface area contributed by atoms with Crippen LogP contribution in [0, 0.1) is 0 Å². The molecular weight excluding hydrogens is 190 g/mol.